The van der Waals surface area contributed by atoms with Crippen molar-refractivity contribution in [1.29, 1.82) is 0 Å². The molecule has 3 rings (SSSR count). The highest BCUT2D eigenvalue weighted by atomic mass is 16.5. The number of piperazine rings is 1. The number of hydrogen-bond donors (Lipinski definition) is 1. The number of benzene rings is 2. The molecule has 1 fully saturated rings. The van der Waals surface area contributed by atoms with Crippen LogP contribution in [0.3, 0.4) is 0 Å². The van der Waals surface area contributed by atoms with Crippen LogP contribution in [-0.4, -0.2) is 57.1 Å². The lowest BCUT2D eigenvalue weighted by atomic mass is 10.2. The first-order valence-electron chi connectivity index (χ1n) is 8.74. The molecular weight excluding hydrogens is 346 g/mol. The van der Waals surface area contributed by atoms with Crippen molar-refractivity contribution in [1.82, 2.24) is 4.90 Å². The molecule has 1 heterocycles. The number of rotatable bonds is 4. The summed E-state index contributed by atoms with van der Waals surface area (Å²) in [5, 5.41) is 2.63. The summed E-state index contributed by atoms with van der Waals surface area (Å²) in [7, 11) is 3.21. The van der Waals surface area contributed by atoms with Gasteiger partial charge in [-0.2, -0.15) is 0 Å². The topological polar surface area (TPSA) is 71.1 Å². The van der Waals surface area contributed by atoms with Gasteiger partial charge in [-0.3, -0.25) is 9.59 Å². The normalized spacial score (nSPS) is 13.9. The first-order valence-corrected chi connectivity index (χ1v) is 8.74. The van der Waals surface area contributed by atoms with Crippen LogP contribution in [0.15, 0.2) is 48.5 Å². The summed E-state index contributed by atoms with van der Waals surface area (Å²) >= 11 is 0. The standard InChI is InChI=1S/C20H23N3O4/c1-26-17-7-3-15(4-8-17)21-19(24)20(25)23-13-11-22(12-14-23)16-5-9-18(27-2)10-6-16/h3-10H,11-14H2,1-2H3,(H,21,24). The zero-order chi connectivity index (χ0) is 19.2. The van der Waals surface area contributed by atoms with E-state index in [1.54, 1.807) is 43.4 Å². The van der Waals surface area contributed by atoms with Crippen molar-refractivity contribution < 1.29 is 19.1 Å². The van der Waals surface area contributed by atoms with Gasteiger partial charge in [0, 0.05) is 37.6 Å². The maximum Gasteiger partial charge on any atom is 0.313 e. The van der Waals surface area contributed by atoms with Gasteiger partial charge in [-0.25, -0.2) is 0 Å². The van der Waals surface area contributed by atoms with Crippen LogP contribution in [0.5, 0.6) is 11.5 Å². The van der Waals surface area contributed by atoms with Gasteiger partial charge in [0.2, 0.25) is 0 Å². The van der Waals surface area contributed by atoms with Crippen LogP contribution in [0.4, 0.5) is 11.4 Å². The largest absolute Gasteiger partial charge is 0.497 e. The van der Waals surface area contributed by atoms with E-state index in [2.05, 4.69) is 10.2 Å². The minimum atomic E-state index is -0.627. The van der Waals surface area contributed by atoms with Gasteiger partial charge < -0.3 is 24.6 Å². The summed E-state index contributed by atoms with van der Waals surface area (Å²) in [5.41, 5.74) is 1.64. The quantitative estimate of drug-likeness (QED) is 0.835. The van der Waals surface area contributed by atoms with Crippen molar-refractivity contribution in [3.05, 3.63) is 48.5 Å². The number of nitrogens with one attached hydrogen (secondary N) is 1. The van der Waals surface area contributed by atoms with Crippen LogP contribution < -0.4 is 19.7 Å². The maximum atomic E-state index is 12.4. The molecule has 0 saturated carbocycles. The van der Waals surface area contributed by atoms with E-state index >= 15 is 0 Å². The van der Waals surface area contributed by atoms with Crippen LogP contribution in [0.2, 0.25) is 0 Å². The second-order valence-electron chi connectivity index (χ2n) is 6.16. The molecule has 2 aromatic carbocycles. The lowest BCUT2D eigenvalue weighted by Gasteiger charge is -2.35. The molecule has 0 aromatic heterocycles. The Morgan fingerprint density at radius 2 is 1.33 bits per heavy atom. The van der Waals surface area contributed by atoms with E-state index in [1.165, 1.54) is 0 Å². The third-order valence-corrected chi connectivity index (χ3v) is 4.55. The van der Waals surface area contributed by atoms with Gasteiger partial charge >= 0.3 is 11.8 Å². The fraction of sp³-hybridized carbons (Fsp3) is 0.300. The Balaban J connectivity index is 1.53. The van der Waals surface area contributed by atoms with Crippen molar-refractivity contribution in [2.75, 3.05) is 50.6 Å². The highest BCUT2D eigenvalue weighted by molar-refractivity contribution is 6.39. The van der Waals surface area contributed by atoms with Crippen molar-refractivity contribution in [2.45, 2.75) is 0 Å². The molecule has 7 heteroatoms. The average molecular weight is 369 g/mol. The summed E-state index contributed by atoms with van der Waals surface area (Å²) in [4.78, 5) is 28.4. The van der Waals surface area contributed by atoms with E-state index in [9.17, 15) is 9.59 Å². The van der Waals surface area contributed by atoms with Crippen molar-refractivity contribution in [3.8, 4) is 11.5 Å². The molecule has 1 saturated heterocycles. The van der Waals surface area contributed by atoms with Gasteiger partial charge in [-0.15, -0.1) is 0 Å². The number of amides is 2. The van der Waals surface area contributed by atoms with Gasteiger partial charge in [0.05, 0.1) is 14.2 Å². The minimum Gasteiger partial charge on any atom is -0.497 e. The van der Waals surface area contributed by atoms with Gasteiger partial charge in [0.25, 0.3) is 0 Å². The first kappa shape index (κ1) is 18.6. The molecule has 142 valence electrons. The molecule has 1 aliphatic rings. The maximum absolute atomic E-state index is 12.4. The van der Waals surface area contributed by atoms with E-state index in [1.807, 2.05) is 24.3 Å². The van der Waals surface area contributed by atoms with Crippen molar-refractivity contribution >= 4 is 23.2 Å². The molecule has 2 aromatic rings. The van der Waals surface area contributed by atoms with Crippen molar-refractivity contribution in [3.63, 3.8) is 0 Å². The lowest BCUT2D eigenvalue weighted by molar-refractivity contribution is -0.143. The molecule has 0 spiro atoms. The minimum absolute atomic E-state index is 0.501. The summed E-state index contributed by atoms with van der Waals surface area (Å²) < 4.78 is 10.2. The molecule has 0 bridgehead atoms. The van der Waals surface area contributed by atoms with E-state index in [-0.39, 0.29) is 0 Å². The van der Waals surface area contributed by atoms with Crippen LogP contribution >= 0.6 is 0 Å². The molecule has 2 amide bonds. The molecular formula is C20H23N3O4. The number of anilines is 2. The molecule has 1 aliphatic heterocycles. The van der Waals surface area contributed by atoms with Crippen LogP contribution in [-0.2, 0) is 9.59 Å². The van der Waals surface area contributed by atoms with E-state index in [0.29, 0.717) is 37.6 Å². The Kier molecular flexibility index (Phi) is 5.80. The second-order valence-corrected chi connectivity index (χ2v) is 6.16. The Morgan fingerprint density at radius 3 is 1.85 bits per heavy atom. The van der Waals surface area contributed by atoms with Crippen LogP contribution in [0.1, 0.15) is 0 Å². The summed E-state index contributed by atoms with van der Waals surface area (Å²) in [5.74, 6) is 0.356. The number of carbonyl (C=O) groups excluding carboxylic acids is 2. The summed E-state index contributed by atoms with van der Waals surface area (Å²) in [6.07, 6.45) is 0. The van der Waals surface area contributed by atoms with Crippen molar-refractivity contribution in [2.24, 2.45) is 0 Å². The summed E-state index contributed by atoms with van der Waals surface area (Å²) in [6.45, 7) is 2.35. The molecule has 0 atom stereocenters. The third-order valence-electron chi connectivity index (χ3n) is 4.55. The SMILES string of the molecule is COc1ccc(NC(=O)C(=O)N2CCN(c3ccc(OC)cc3)CC2)cc1. The van der Waals surface area contributed by atoms with E-state index < -0.39 is 11.8 Å². The fourth-order valence-electron chi connectivity index (χ4n) is 2.96. The van der Waals surface area contributed by atoms with Crippen LogP contribution in [0.25, 0.3) is 0 Å². The highest BCUT2D eigenvalue weighted by Gasteiger charge is 2.26. The number of carbonyl (C=O) groups is 2. The lowest BCUT2D eigenvalue weighted by Crippen LogP contribution is -2.51. The molecule has 1 N–H and O–H groups in total. The number of nitrogens with zero attached hydrogens (tertiary/aromatic N) is 2. The molecule has 0 radical (unpaired) electrons. The predicted octanol–water partition coefficient (Wildman–Crippen LogP) is 1.99. The monoisotopic (exact) mass is 369 g/mol. The Hall–Kier alpha value is -3.22. The molecule has 0 unspecified atom stereocenters. The van der Waals surface area contributed by atoms with E-state index in [4.69, 9.17) is 9.47 Å². The second kappa shape index (κ2) is 8.44. The van der Waals surface area contributed by atoms with Gasteiger partial charge in [0.1, 0.15) is 11.5 Å². The Labute approximate surface area is 158 Å². The number of ether oxygens (including phenoxy) is 2. The third kappa shape index (κ3) is 4.49. The Bertz CT molecular complexity index is 782. The zero-order valence-electron chi connectivity index (χ0n) is 15.5. The molecule has 0 aliphatic carbocycles. The average Bonchev–Trinajstić information content (AvgIpc) is 2.74. The fourth-order valence-corrected chi connectivity index (χ4v) is 2.96. The molecule has 7 nitrogen and oxygen atoms in total. The number of methoxy groups -OCH3 is 2. The van der Waals surface area contributed by atoms with Gasteiger partial charge in [0.15, 0.2) is 0 Å². The number of hydrogen-bond acceptors (Lipinski definition) is 5. The van der Waals surface area contributed by atoms with E-state index in [0.717, 1.165) is 11.4 Å². The predicted molar refractivity (Wildman–Crippen MR) is 103 cm³/mol. The zero-order valence-corrected chi connectivity index (χ0v) is 15.5. The molecule has 27 heavy (non-hydrogen) atoms. The Morgan fingerprint density at radius 1 is 0.815 bits per heavy atom. The smallest absolute Gasteiger partial charge is 0.313 e. The first-order chi connectivity index (χ1) is 13.1. The highest BCUT2D eigenvalue weighted by Crippen LogP contribution is 2.21. The van der Waals surface area contributed by atoms with Crippen LogP contribution in [0, 0.1) is 0 Å². The van der Waals surface area contributed by atoms with Gasteiger partial charge in [-0.1, -0.05) is 0 Å². The van der Waals surface area contributed by atoms with Gasteiger partial charge in [-0.05, 0) is 48.5 Å². The summed E-state index contributed by atoms with van der Waals surface area (Å²) in [6, 6.07) is 14.7.